The van der Waals surface area contributed by atoms with Gasteiger partial charge in [-0.15, -0.1) is 0 Å². The van der Waals surface area contributed by atoms with Crippen molar-refractivity contribution in [3.05, 3.63) is 63.8 Å². The number of amides is 2. The van der Waals surface area contributed by atoms with Crippen LogP contribution in [0.25, 0.3) is 0 Å². The van der Waals surface area contributed by atoms with Crippen LogP contribution < -0.4 is 15.6 Å². The number of rotatable bonds is 6. The van der Waals surface area contributed by atoms with Gasteiger partial charge in [0.2, 0.25) is 5.43 Å². The van der Waals surface area contributed by atoms with Crippen molar-refractivity contribution in [1.82, 2.24) is 14.8 Å². The minimum Gasteiger partial charge on any atom is -0.368 e. The predicted molar refractivity (Wildman–Crippen MR) is 132 cm³/mol. The molecule has 2 aliphatic carbocycles. The zero-order valence-corrected chi connectivity index (χ0v) is 20.0. The summed E-state index contributed by atoms with van der Waals surface area (Å²) in [7, 11) is 0. The summed E-state index contributed by atoms with van der Waals surface area (Å²) < 4.78 is 15.1. The summed E-state index contributed by atoms with van der Waals surface area (Å²) in [5.41, 5.74) is 0.543. The number of nitrogens with one attached hydrogen (secondary N) is 1. The number of nitrogens with zero attached hydrogens (tertiary/aromatic N) is 3. The molecule has 3 aliphatic rings. The van der Waals surface area contributed by atoms with Gasteiger partial charge in [0, 0.05) is 56.8 Å². The molecule has 35 heavy (non-hydrogen) atoms. The van der Waals surface area contributed by atoms with E-state index in [1.807, 2.05) is 4.57 Å². The number of hydrogen-bond acceptors (Lipinski definition) is 4. The van der Waals surface area contributed by atoms with Crippen LogP contribution in [0.3, 0.4) is 0 Å². The minimum atomic E-state index is -0.492. The first-order valence-corrected chi connectivity index (χ1v) is 12.8. The summed E-state index contributed by atoms with van der Waals surface area (Å²) in [6.45, 7) is 2.67. The standard InChI is InChI=1S/C27H33FN4O3/c28-20-6-8-21(9-7-20)30-12-14-31(15-13-30)27(35)24-18-32(22-10-11-22)17-23(25(24)33)26(34)29-16-19-4-2-1-3-5-19/h6-9,17-19,22H,1-5,10-16H2,(H,29,34). The first kappa shape index (κ1) is 23.6. The largest absolute Gasteiger partial charge is 0.368 e. The lowest BCUT2D eigenvalue weighted by molar-refractivity contribution is 0.0744. The lowest BCUT2D eigenvalue weighted by Crippen LogP contribution is -2.50. The van der Waals surface area contributed by atoms with E-state index in [0.717, 1.165) is 31.4 Å². The Bertz CT molecular complexity index is 1130. The van der Waals surface area contributed by atoms with Crippen molar-refractivity contribution in [3.63, 3.8) is 0 Å². The summed E-state index contributed by atoms with van der Waals surface area (Å²) in [5.74, 6) is -0.534. The predicted octanol–water partition coefficient (Wildman–Crippen LogP) is 3.59. The Morgan fingerprint density at radius 3 is 2.20 bits per heavy atom. The molecule has 1 aromatic carbocycles. The highest BCUT2D eigenvalue weighted by molar-refractivity contribution is 5.99. The van der Waals surface area contributed by atoms with Gasteiger partial charge in [0.1, 0.15) is 16.9 Å². The highest BCUT2D eigenvalue weighted by Gasteiger charge is 2.30. The fourth-order valence-corrected chi connectivity index (χ4v) is 5.21. The van der Waals surface area contributed by atoms with Crippen LogP contribution in [0, 0.1) is 11.7 Å². The van der Waals surface area contributed by atoms with Gasteiger partial charge in [0.15, 0.2) is 0 Å². The van der Waals surface area contributed by atoms with Crippen molar-refractivity contribution in [2.24, 2.45) is 5.92 Å². The summed E-state index contributed by atoms with van der Waals surface area (Å²) in [5, 5.41) is 2.96. The topological polar surface area (TPSA) is 74.7 Å². The molecule has 0 unspecified atom stereocenters. The molecule has 7 nitrogen and oxygen atoms in total. The second kappa shape index (κ2) is 10.2. The van der Waals surface area contributed by atoms with Crippen molar-refractivity contribution < 1.29 is 14.0 Å². The first-order valence-electron chi connectivity index (χ1n) is 12.8. The van der Waals surface area contributed by atoms with E-state index in [1.165, 1.54) is 31.4 Å². The SMILES string of the molecule is O=C(NCC1CCCCC1)c1cn(C2CC2)cc(C(=O)N2CCN(c3ccc(F)cc3)CC2)c1=O. The van der Waals surface area contributed by atoms with Gasteiger partial charge in [-0.05, 0) is 55.9 Å². The Balaban J connectivity index is 1.30. The summed E-state index contributed by atoms with van der Waals surface area (Å²) in [4.78, 5) is 43.5. The van der Waals surface area contributed by atoms with Gasteiger partial charge in [0.25, 0.3) is 11.8 Å². The normalized spacial score (nSPS) is 19.0. The van der Waals surface area contributed by atoms with E-state index in [4.69, 9.17) is 0 Å². The Labute approximate surface area is 204 Å². The number of aromatic nitrogens is 1. The molecule has 0 radical (unpaired) electrons. The zero-order chi connectivity index (χ0) is 24.4. The second-order valence-electron chi connectivity index (χ2n) is 10.1. The minimum absolute atomic E-state index is 0.0588. The lowest BCUT2D eigenvalue weighted by Gasteiger charge is -2.36. The molecule has 2 aromatic rings. The highest BCUT2D eigenvalue weighted by atomic mass is 19.1. The summed E-state index contributed by atoms with van der Waals surface area (Å²) in [6, 6.07) is 6.56. The summed E-state index contributed by atoms with van der Waals surface area (Å²) >= 11 is 0. The quantitative estimate of drug-likeness (QED) is 0.686. The van der Waals surface area contributed by atoms with Gasteiger partial charge < -0.3 is 19.7 Å². The average Bonchev–Trinajstić information content (AvgIpc) is 3.74. The van der Waals surface area contributed by atoms with Gasteiger partial charge >= 0.3 is 0 Å². The molecule has 0 spiro atoms. The van der Waals surface area contributed by atoms with E-state index >= 15 is 0 Å². The van der Waals surface area contributed by atoms with Gasteiger partial charge in [-0.25, -0.2) is 4.39 Å². The van der Waals surface area contributed by atoms with Crippen LogP contribution in [0.15, 0.2) is 41.5 Å². The van der Waals surface area contributed by atoms with E-state index in [9.17, 15) is 18.8 Å². The van der Waals surface area contributed by atoms with E-state index in [2.05, 4.69) is 10.2 Å². The van der Waals surface area contributed by atoms with Crippen molar-refractivity contribution in [3.8, 4) is 0 Å². The molecule has 3 fully saturated rings. The Hall–Kier alpha value is -3.16. The third-order valence-corrected chi connectivity index (χ3v) is 7.52. The molecule has 8 heteroatoms. The van der Waals surface area contributed by atoms with Crippen LogP contribution in [0.5, 0.6) is 0 Å². The molecule has 2 heterocycles. The van der Waals surface area contributed by atoms with Crippen LogP contribution in [0.4, 0.5) is 10.1 Å². The third-order valence-electron chi connectivity index (χ3n) is 7.52. The van der Waals surface area contributed by atoms with E-state index in [1.54, 1.807) is 29.4 Å². The van der Waals surface area contributed by atoms with Gasteiger partial charge in [-0.1, -0.05) is 19.3 Å². The molecular weight excluding hydrogens is 447 g/mol. The van der Waals surface area contributed by atoms with Crippen molar-refractivity contribution in [1.29, 1.82) is 0 Å². The maximum Gasteiger partial charge on any atom is 0.259 e. The Morgan fingerprint density at radius 2 is 1.54 bits per heavy atom. The fraction of sp³-hybridized carbons (Fsp3) is 0.519. The van der Waals surface area contributed by atoms with Gasteiger partial charge in [-0.2, -0.15) is 0 Å². The molecule has 1 aliphatic heterocycles. The van der Waals surface area contributed by atoms with Crippen LogP contribution in [0.2, 0.25) is 0 Å². The molecule has 0 atom stereocenters. The molecule has 1 saturated heterocycles. The highest BCUT2D eigenvalue weighted by Crippen LogP contribution is 2.34. The smallest absolute Gasteiger partial charge is 0.259 e. The van der Waals surface area contributed by atoms with Crippen molar-refractivity contribution in [2.45, 2.75) is 51.0 Å². The van der Waals surface area contributed by atoms with Gasteiger partial charge in [0.05, 0.1) is 0 Å². The molecular formula is C27H33FN4O3. The zero-order valence-electron chi connectivity index (χ0n) is 20.0. The van der Waals surface area contributed by atoms with Crippen LogP contribution in [-0.4, -0.2) is 54.0 Å². The van der Waals surface area contributed by atoms with Gasteiger partial charge in [-0.3, -0.25) is 14.4 Å². The Morgan fingerprint density at radius 1 is 0.886 bits per heavy atom. The van der Waals surface area contributed by atoms with E-state index < -0.39 is 5.43 Å². The number of hydrogen-bond donors (Lipinski definition) is 1. The lowest BCUT2D eigenvalue weighted by atomic mass is 9.89. The van der Waals surface area contributed by atoms with Crippen LogP contribution in [0.1, 0.15) is 71.7 Å². The van der Waals surface area contributed by atoms with Crippen molar-refractivity contribution in [2.75, 3.05) is 37.6 Å². The third kappa shape index (κ3) is 5.41. The molecule has 2 saturated carbocycles. The number of anilines is 1. The van der Waals surface area contributed by atoms with E-state index in [0.29, 0.717) is 38.6 Å². The monoisotopic (exact) mass is 480 g/mol. The first-order chi connectivity index (χ1) is 17.0. The molecule has 0 bridgehead atoms. The molecule has 5 rings (SSSR count). The molecule has 2 amide bonds. The molecule has 186 valence electrons. The summed E-state index contributed by atoms with van der Waals surface area (Å²) in [6.07, 6.45) is 11.1. The fourth-order valence-electron chi connectivity index (χ4n) is 5.21. The number of benzene rings is 1. The maximum absolute atomic E-state index is 13.4. The molecule has 1 aromatic heterocycles. The number of carbonyl (C=O) groups is 2. The maximum atomic E-state index is 13.4. The number of halogens is 1. The van der Waals surface area contributed by atoms with Crippen molar-refractivity contribution >= 4 is 17.5 Å². The number of piperazine rings is 1. The van der Waals surface area contributed by atoms with Crippen LogP contribution >= 0.6 is 0 Å². The second-order valence-corrected chi connectivity index (χ2v) is 10.1. The van der Waals surface area contributed by atoms with Crippen LogP contribution in [-0.2, 0) is 0 Å². The molecule has 1 N–H and O–H groups in total. The average molecular weight is 481 g/mol. The number of carbonyl (C=O) groups excluding carboxylic acids is 2. The van der Waals surface area contributed by atoms with E-state index in [-0.39, 0.29) is 34.8 Å². The Kier molecular flexibility index (Phi) is 6.88. The number of pyridine rings is 1.